The van der Waals surface area contributed by atoms with Crippen molar-refractivity contribution in [3.05, 3.63) is 18.2 Å². The summed E-state index contributed by atoms with van der Waals surface area (Å²) in [6.45, 7) is 11.4. The van der Waals surface area contributed by atoms with E-state index in [0.29, 0.717) is 12.6 Å². The van der Waals surface area contributed by atoms with Gasteiger partial charge in [-0.1, -0.05) is 0 Å². The molecule has 1 amide bonds. The van der Waals surface area contributed by atoms with E-state index in [-0.39, 0.29) is 24.2 Å². The van der Waals surface area contributed by atoms with Crippen molar-refractivity contribution in [1.82, 2.24) is 19.4 Å². The van der Waals surface area contributed by atoms with Crippen LogP contribution in [-0.2, 0) is 20.8 Å². The van der Waals surface area contributed by atoms with Crippen LogP contribution in [0, 0.1) is 0 Å². The van der Waals surface area contributed by atoms with E-state index in [0.717, 1.165) is 25.5 Å². The number of morpholine rings is 1. The Bertz CT molecular complexity index is 568. The molecule has 2 heterocycles. The van der Waals surface area contributed by atoms with Gasteiger partial charge >= 0.3 is 0 Å². The van der Waals surface area contributed by atoms with E-state index < -0.39 is 0 Å². The first kappa shape index (κ1) is 19.9. The van der Waals surface area contributed by atoms with Crippen molar-refractivity contribution in [2.45, 2.75) is 52.0 Å². The Morgan fingerprint density at radius 3 is 2.84 bits per heavy atom. The third-order valence-corrected chi connectivity index (χ3v) is 4.25. The van der Waals surface area contributed by atoms with Gasteiger partial charge in [0.05, 0.1) is 24.9 Å². The Balaban J connectivity index is 1.93. The SMILES string of the molecule is CC(C)n1ccnc1CN1C[C@@H](COCC(=O)N(C)C)OC(C)(C)C1. The van der Waals surface area contributed by atoms with E-state index in [1.807, 2.05) is 12.4 Å². The number of imidazole rings is 1. The standard InChI is InChI=1S/C18H32N4O3/c1-14(2)22-8-7-19-16(22)10-21-9-15(25-18(3,4)13-21)11-24-12-17(23)20(5)6/h7-8,14-15H,9-13H2,1-6H3/t15-/m0/s1. The number of carbonyl (C=O) groups excluding carboxylic acids is 1. The van der Waals surface area contributed by atoms with Crippen molar-refractivity contribution in [3.8, 4) is 0 Å². The Hall–Kier alpha value is -1.44. The molecule has 2 rings (SSSR count). The van der Waals surface area contributed by atoms with Crippen LogP contribution in [0.2, 0.25) is 0 Å². The van der Waals surface area contributed by atoms with Gasteiger partial charge in [-0.25, -0.2) is 4.98 Å². The molecule has 0 aromatic carbocycles. The molecule has 0 radical (unpaired) electrons. The number of aromatic nitrogens is 2. The minimum Gasteiger partial charge on any atom is -0.369 e. The minimum atomic E-state index is -0.257. The summed E-state index contributed by atoms with van der Waals surface area (Å²) < 4.78 is 13.9. The van der Waals surface area contributed by atoms with Crippen molar-refractivity contribution in [2.24, 2.45) is 0 Å². The molecule has 0 aliphatic carbocycles. The Morgan fingerprint density at radius 1 is 1.48 bits per heavy atom. The van der Waals surface area contributed by atoms with Gasteiger partial charge in [-0.05, 0) is 27.7 Å². The van der Waals surface area contributed by atoms with E-state index in [1.54, 1.807) is 14.1 Å². The van der Waals surface area contributed by atoms with Crippen LogP contribution in [0.5, 0.6) is 0 Å². The highest BCUT2D eigenvalue weighted by atomic mass is 16.5. The molecule has 0 unspecified atom stereocenters. The predicted octanol–water partition coefficient (Wildman–Crippen LogP) is 1.55. The van der Waals surface area contributed by atoms with Crippen LogP contribution in [0.25, 0.3) is 0 Å². The summed E-state index contributed by atoms with van der Waals surface area (Å²) in [4.78, 5) is 20.0. The number of likely N-dealkylation sites (N-methyl/N-ethyl adjacent to an activating group) is 1. The van der Waals surface area contributed by atoms with Gasteiger partial charge in [0.25, 0.3) is 0 Å². The topological polar surface area (TPSA) is 59.8 Å². The fourth-order valence-electron chi connectivity index (χ4n) is 3.17. The van der Waals surface area contributed by atoms with Gasteiger partial charge in [0.1, 0.15) is 12.4 Å². The average Bonchev–Trinajstić information content (AvgIpc) is 2.93. The number of nitrogens with zero attached hydrogens (tertiary/aromatic N) is 4. The van der Waals surface area contributed by atoms with Gasteiger partial charge in [0, 0.05) is 45.6 Å². The molecule has 1 aromatic heterocycles. The summed E-state index contributed by atoms with van der Waals surface area (Å²) in [5.74, 6) is 1.03. The van der Waals surface area contributed by atoms with E-state index in [4.69, 9.17) is 9.47 Å². The zero-order valence-electron chi connectivity index (χ0n) is 16.4. The molecule has 142 valence electrons. The summed E-state index contributed by atoms with van der Waals surface area (Å²) in [6.07, 6.45) is 3.83. The van der Waals surface area contributed by atoms with Crippen LogP contribution < -0.4 is 0 Å². The van der Waals surface area contributed by atoms with Crippen LogP contribution in [0.1, 0.15) is 39.6 Å². The lowest BCUT2D eigenvalue weighted by molar-refractivity contribution is -0.161. The maximum atomic E-state index is 11.6. The molecule has 1 aliphatic rings. The molecule has 1 saturated heterocycles. The quantitative estimate of drug-likeness (QED) is 0.745. The molecule has 0 spiro atoms. The largest absolute Gasteiger partial charge is 0.369 e. The normalized spacial score (nSPS) is 20.8. The Labute approximate surface area is 150 Å². The van der Waals surface area contributed by atoms with Gasteiger partial charge < -0.3 is 18.9 Å². The highest BCUT2D eigenvalue weighted by Gasteiger charge is 2.34. The van der Waals surface area contributed by atoms with Crippen LogP contribution >= 0.6 is 0 Å². The molecular weight excluding hydrogens is 320 g/mol. The van der Waals surface area contributed by atoms with Gasteiger partial charge in [0.2, 0.25) is 5.91 Å². The van der Waals surface area contributed by atoms with E-state index in [9.17, 15) is 4.79 Å². The van der Waals surface area contributed by atoms with Gasteiger partial charge in [0.15, 0.2) is 0 Å². The third kappa shape index (κ3) is 5.80. The summed E-state index contributed by atoms with van der Waals surface area (Å²) in [7, 11) is 3.45. The summed E-state index contributed by atoms with van der Waals surface area (Å²) >= 11 is 0. The zero-order chi connectivity index (χ0) is 18.6. The molecule has 7 heteroatoms. The average molecular weight is 352 g/mol. The smallest absolute Gasteiger partial charge is 0.248 e. The van der Waals surface area contributed by atoms with Crippen molar-refractivity contribution < 1.29 is 14.3 Å². The summed E-state index contributed by atoms with van der Waals surface area (Å²) in [6, 6.07) is 0.391. The zero-order valence-corrected chi connectivity index (χ0v) is 16.4. The summed E-state index contributed by atoms with van der Waals surface area (Å²) in [5, 5.41) is 0. The lowest BCUT2D eigenvalue weighted by Gasteiger charge is -2.42. The fraction of sp³-hybridized carbons (Fsp3) is 0.778. The van der Waals surface area contributed by atoms with E-state index in [2.05, 4.69) is 42.1 Å². The van der Waals surface area contributed by atoms with Crippen molar-refractivity contribution >= 4 is 5.91 Å². The fourth-order valence-corrected chi connectivity index (χ4v) is 3.17. The summed E-state index contributed by atoms with van der Waals surface area (Å²) in [5.41, 5.74) is -0.257. The number of hydrogen-bond acceptors (Lipinski definition) is 5. The van der Waals surface area contributed by atoms with Crippen LogP contribution in [0.3, 0.4) is 0 Å². The second kappa shape index (κ2) is 8.29. The van der Waals surface area contributed by atoms with Crippen LogP contribution in [0.15, 0.2) is 12.4 Å². The molecule has 1 atom stereocenters. The maximum absolute atomic E-state index is 11.6. The molecule has 1 aliphatic heterocycles. The maximum Gasteiger partial charge on any atom is 0.248 e. The van der Waals surface area contributed by atoms with Gasteiger partial charge in [-0.15, -0.1) is 0 Å². The minimum absolute atomic E-state index is 0.0362. The van der Waals surface area contributed by atoms with Crippen molar-refractivity contribution in [3.63, 3.8) is 0 Å². The molecular formula is C18H32N4O3. The number of hydrogen-bond donors (Lipinski definition) is 0. The monoisotopic (exact) mass is 352 g/mol. The molecule has 1 fully saturated rings. The van der Waals surface area contributed by atoms with Crippen LogP contribution in [-0.4, -0.2) is 77.4 Å². The first-order valence-corrected chi connectivity index (χ1v) is 8.88. The number of rotatable bonds is 7. The van der Waals surface area contributed by atoms with Gasteiger partial charge in [-0.2, -0.15) is 0 Å². The second-order valence-corrected chi connectivity index (χ2v) is 7.82. The van der Waals surface area contributed by atoms with E-state index >= 15 is 0 Å². The Morgan fingerprint density at radius 2 is 2.20 bits per heavy atom. The molecule has 7 nitrogen and oxygen atoms in total. The van der Waals surface area contributed by atoms with E-state index in [1.165, 1.54) is 4.90 Å². The predicted molar refractivity (Wildman–Crippen MR) is 96.4 cm³/mol. The lowest BCUT2D eigenvalue weighted by atomic mass is 10.1. The Kier molecular flexibility index (Phi) is 6.59. The highest BCUT2D eigenvalue weighted by Crippen LogP contribution is 2.23. The van der Waals surface area contributed by atoms with Crippen molar-refractivity contribution in [1.29, 1.82) is 0 Å². The third-order valence-electron chi connectivity index (χ3n) is 4.25. The second-order valence-electron chi connectivity index (χ2n) is 7.82. The molecule has 0 N–H and O–H groups in total. The molecule has 0 bridgehead atoms. The van der Waals surface area contributed by atoms with Crippen LogP contribution in [0.4, 0.5) is 0 Å². The van der Waals surface area contributed by atoms with Crippen molar-refractivity contribution in [2.75, 3.05) is 40.4 Å². The number of carbonyl (C=O) groups is 1. The molecule has 25 heavy (non-hydrogen) atoms. The van der Waals surface area contributed by atoms with Gasteiger partial charge in [-0.3, -0.25) is 9.69 Å². The lowest BCUT2D eigenvalue weighted by Crippen LogP contribution is -2.53. The first-order valence-electron chi connectivity index (χ1n) is 8.88. The molecule has 1 aromatic rings. The number of amides is 1. The first-order chi connectivity index (χ1) is 11.7. The highest BCUT2D eigenvalue weighted by molar-refractivity contribution is 5.76. The molecule has 0 saturated carbocycles. The number of ether oxygens (including phenoxy) is 2.